The summed E-state index contributed by atoms with van der Waals surface area (Å²) in [5, 5.41) is 0. The molecule has 0 aromatic heterocycles. The molecule has 0 aromatic carbocycles. The molecule has 0 radical (unpaired) electrons. The molecule has 0 aliphatic rings. The van der Waals surface area contributed by atoms with Gasteiger partial charge in [0.15, 0.2) is 0 Å². The van der Waals surface area contributed by atoms with E-state index in [1.54, 1.807) is 0 Å². The van der Waals surface area contributed by atoms with Crippen LogP contribution in [-0.2, 0) is 0 Å². The summed E-state index contributed by atoms with van der Waals surface area (Å²) >= 11 is 2.85. The van der Waals surface area contributed by atoms with Crippen LogP contribution in [0.1, 0.15) is 33.1 Å². The van der Waals surface area contributed by atoms with E-state index < -0.39 is 0 Å². The Bertz CT molecular complexity index is 42.0. The van der Waals surface area contributed by atoms with Crippen LogP contribution in [0.4, 0.5) is 0 Å². The number of halogens is 2. The van der Waals surface area contributed by atoms with Crippen molar-refractivity contribution < 1.29 is 24.8 Å². The Morgan fingerprint density at radius 3 is 1.78 bits per heavy atom. The van der Waals surface area contributed by atoms with Gasteiger partial charge in [-0.1, -0.05) is 0 Å². The van der Waals surface area contributed by atoms with E-state index in [1.165, 1.54) is 19.3 Å². The van der Waals surface area contributed by atoms with Gasteiger partial charge in [0, 0.05) is 0 Å². The van der Waals surface area contributed by atoms with Crippen LogP contribution >= 0.6 is 0 Å². The fourth-order valence-electron chi connectivity index (χ4n) is 0.575. The van der Waals surface area contributed by atoms with E-state index in [9.17, 15) is 0 Å². The van der Waals surface area contributed by atoms with Crippen molar-refractivity contribution in [2.45, 2.75) is 37.9 Å². The van der Waals surface area contributed by atoms with E-state index in [0.717, 1.165) is 4.78 Å². The predicted octanol–water partition coefficient (Wildman–Crippen LogP) is -3.84. The Morgan fingerprint density at radius 1 is 1.22 bits per heavy atom. The van der Waals surface area contributed by atoms with Gasteiger partial charge in [-0.3, -0.25) is 0 Å². The van der Waals surface area contributed by atoms with Gasteiger partial charge in [-0.25, -0.2) is 0 Å². The smallest absolute Gasteiger partial charge is 1.00 e. The molecule has 54 valence electrons. The minimum atomic E-state index is 0. The minimum absolute atomic E-state index is 0. The van der Waals surface area contributed by atoms with Crippen molar-refractivity contribution in [1.29, 1.82) is 0 Å². The van der Waals surface area contributed by atoms with Gasteiger partial charge < -0.3 is 24.8 Å². The van der Waals surface area contributed by atoms with Gasteiger partial charge in [0.25, 0.3) is 0 Å². The predicted molar refractivity (Wildman–Crippen MR) is 34.7 cm³/mol. The van der Waals surface area contributed by atoms with Crippen molar-refractivity contribution in [1.82, 2.24) is 0 Å². The zero-order chi connectivity index (χ0) is 5.70. The summed E-state index contributed by atoms with van der Waals surface area (Å²) in [7, 11) is 0. The molecule has 1 atom stereocenters. The summed E-state index contributed by atoms with van der Waals surface area (Å²) in [5.74, 6) is 0. The van der Waals surface area contributed by atoms with E-state index >= 15 is 0 Å². The third kappa shape index (κ3) is 12.3. The van der Waals surface area contributed by atoms with Crippen molar-refractivity contribution in [2.75, 3.05) is 0 Å². The summed E-state index contributed by atoms with van der Waals surface area (Å²) in [5.41, 5.74) is 0. The number of rotatable bonds is 3. The largest absolute Gasteiger partial charge is 1.00 e. The summed E-state index contributed by atoms with van der Waals surface area (Å²) in [6.45, 7) is 4.46. The maximum absolute atomic E-state index is 2.85. The Labute approximate surface area is 79.0 Å². The Morgan fingerprint density at radius 2 is 1.67 bits per heavy atom. The first-order valence-corrected chi connectivity index (χ1v) is 3.73. The molecule has 9 heavy (non-hydrogen) atoms. The van der Waals surface area contributed by atoms with E-state index in [-0.39, 0.29) is 24.8 Å². The second-order valence-electron chi connectivity index (χ2n) is 1.96. The van der Waals surface area contributed by atoms with E-state index in [1.807, 2.05) is 0 Å². The van der Waals surface area contributed by atoms with E-state index in [0.29, 0.717) is 0 Å². The average molecular weight is 183 g/mol. The summed E-state index contributed by atoms with van der Waals surface area (Å²) < 4.78 is 0.866. The van der Waals surface area contributed by atoms with Crippen molar-refractivity contribution in [2.24, 2.45) is 0 Å². The zero-order valence-electron chi connectivity index (χ0n) is 6.03. The molecule has 0 rings (SSSR count). The molecular formula is C6H13AlCl2. The van der Waals surface area contributed by atoms with Crippen LogP contribution in [0.5, 0.6) is 0 Å². The molecule has 3 heteroatoms. The van der Waals surface area contributed by atoms with Crippen LogP contribution in [0.15, 0.2) is 0 Å². The van der Waals surface area contributed by atoms with Crippen LogP contribution in [0, 0.1) is 0 Å². The maximum atomic E-state index is 2.85. The van der Waals surface area contributed by atoms with Gasteiger partial charge in [-0.05, 0) is 0 Å². The Kier molecular flexibility index (Phi) is 21.9. The van der Waals surface area contributed by atoms with Gasteiger partial charge >= 0.3 is 54.2 Å². The van der Waals surface area contributed by atoms with Crippen LogP contribution in [0.25, 0.3) is 0 Å². The first-order chi connectivity index (χ1) is 3.31. The van der Waals surface area contributed by atoms with Crippen LogP contribution < -0.4 is 24.8 Å². The molecule has 1 unspecified atom stereocenters. The van der Waals surface area contributed by atoms with Crippen molar-refractivity contribution in [3.05, 3.63) is 0 Å². The van der Waals surface area contributed by atoms with Crippen LogP contribution in [-0.4, -0.2) is 16.3 Å². The standard InChI is InChI=1S/C6H13.Al.2ClH/c1-3-5-6-4-2;;;/h5H,3-4,6H2,1-2H3;;2*1H/q;+2;;/p-2. The van der Waals surface area contributed by atoms with E-state index in [4.69, 9.17) is 0 Å². The van der Waals surface area contributed by atoms with Crippen molar-refractivity contribution in [3.63, 3.8) is 0 Å². The molecule has 0 bridgehead atoms. The normalized spacial score (nSPS) is 11.1. The molecule has 0 heterocycles. The number of hydrogen-bond acceptors (Lipinski definition) is 0. The first-order valence-electron chi connectivity index (χ1n) is 3.06. The molecule has 0 saturated heterocycles. The van der Waals surface area contributed by atoms with Gasteiger partial charge in [0.1, 0.15) is 0 Å². The monoisotopic (exact) mass is 182 g/mol. The van der Waals surface area contributed by atoms with Gasteiger partial charge in [-0.2, -0.15) is 0 Å². The second kappa shape index (κ2) is 11.9. The van der Waals surface area contributed by atoms with E-state index in [2.05, 4.69) is 30.1 Å². The summed E-state index contributed by atoms with van der Waals surface area (Å²) in [4.78, 5) is 0. The molecular weight excluding hydrogens is 170 g/mol. The van der Waals surface area contributed by atoms with Gasteiger partial charge in [-0.15, -0.1) is 0 Å². The summed E-state index contributed by atoms with van der Waals surface area (Å²) in [6.07, 6.45) is 3.99. The molecule has 0 aliphatic carbocycles. The zero-order valence-corrected chi connectivity index (χ0v) is 8.70. The van der Waals surface area contributed by atoms with Crippen LogP contribution in [0.2, 0.25) is 4.78 Å². The molecule has 0 N–H and O–H groups in total. The van der Waals surface area contributed by atoms with Crippen molar-refractivity contribution in [3.8, 4) is 0 Å². The van der Waals surface area contributed by atoms with Crippen LogP contribution in [0.3, 0.4) is 0 Å². The molecule has 0 nitrogen and oxygen atoms in total. The topological polar surface area (TPSA) is 0 Å². The SMILES string of the molecule is CCC[CH]([Al+2])CC.[Cl-].[Cl-]. The molecule has 0 aromatic rings. The second-order valence-corrected chi connectivity index (χ2v) is 2.90. The fourth-order valence-corrected chi connectivity index (χ4v) is 0.908. The summed E-state index contributed by atoms with van der Waals surface area (Å²) in [6, 6.07) is 0. The minimum Gasteiger partial charge on any atom is -1.00 e. The maximum Gasteiger partial charge on any atom is -1.00 e. The molecule has 0 amide bonds. The quantitative estimate of drug-likeness (QED) is 0.393. The fraction of sp³-hybridized carbons (Fsp3) is 1.00. The molecule has 0 aliphatic heterocycles. The average Bonchev–Trinajstić information content (AvgIpc) is 1.68. The first kappa shape index (κ1) is 16.6. The number of hydrogen-bond donors (Lipinski definition) is 0. The molecule has 0 fully saturated rings. The Hall–Kier alpha value is 1.11. The third-order valence-corrected chi connectivity index (χ3v) is 1.99. The Balaban J connectivity index is -0.000000180. The molecule has 0 spiro atoms. The van der Waals surface area contributed by atoms with Crippen molar-refractivity contribution >= 4 is 16.3 Å². The third-order valence-electron chi connectivity index (χ3n) is 1.18. The van der Waals surface area contributed by atoms with Gasteiger partial charge in [0.2, 0.25) is 0 Å². The molecule has 0 saturated carbocycles. The van der Waals surface area contributed by atoms with Gasteiger partial charge in [0.05, 0.1) is 0 Å².